The third-order valence-electron chi connectivity index (χ3n) is 3.77. The number of rotatable bonds is 3. The number of nitrogens with one attached hydrogen (secondary N) is 1. The topological polar surface area (TPSA) is 61.4 Å². The van der Waals surface area contributed by atoms with E-state index in [1.807, 2.05) is 35.2 Å². The Morgan fingerprint density at radius 2 is 1.83 bits per heavy atom. The van der Waals surface area contributed by atoms with Crippen LogP contribution < -0.4 is 10.2 Å². The number of aromatic nitrogens is 2. The van der Waals surface area contributed by atoms with Crippen LogP contribution in [0.3, 0.4) is 0 Å². The molecule has 2 heterocycles. The summed E-state index contributed by atoms with van der Waals surface area (Å²) in [5.74, 6) is 1.57. The van der Waals surface area contributed by atoms with Crippen LogP contribution in [0, 0.1) is 0 Å². The van der Waals surface area contributed by atoms with Gasteiger partial charge in [-0.1, -0.05) is 15.9 Å². The van der Waals surface area contributed by atoms with Crippen LogP contribution in [0.5, 0.6) is 0 Å². The first-order valence-electron chi connectivity index (χ1n) is 7.48. The molecule has 0 atom stereocenters. The maximum Gasteiger partial charge on any atom is 0.227 e. The third-order valence-corrected chi connectivity index (χ3v) is 4.30. The highest BCUT2D eigenvalue weighted by atomic mass is 79.9. The highest BCUT2D eigenvalue weighted by Gasteiger charge is 2.20. The summed E-state index contributed by atoms with van der Waals surface area (Å²) in [5.41, 5.74) is 0.972. The van der Waals surface area contributed by atoms with Crippen molar-refractivity contribution in [3.63, 3.8) is 0 Å². The van der Waals surface area contributed by atoms with Crippen molar-refractivity contribution >= 4 is 39.3 Å². The van der Waals surface area contributed by atoms with Crippen molar-refractivity contribution in [3.8, 4) is 0 Å². The van der Waals surface area contributed by atoms with E-state index in [-0.39, 0.29) is 5.91 Å². The smallest absolute Gasteiger partial charge is 0.227 e. The summed E-state index contributed by atoms with van der Waals surface area (Å²) in [5, 5.41) is 3.27. The van der Waals surface area contributed by atoms with Gasteiger partial charge in [0, 0.05) is 49.5 Å². The molecule has 1 aromatic heterocycles. The molecule has 3 rings (SSSR count). The molecule has 7 heteroatoms. The lowest BCUT2D eigenvalue weighted by atomic mass is 10.3. The SMILES string of the molecule is CC(=O)N1CCN(c2nccc(Nc3ccc(Br)cc3)n2)CC1. The fourth-order valence-corrected chi connectivity index (χ4v) is 2.74. The number of benzene rings is 1. The van der Waals surface area contributed by atoms with Gasteiger partial charge in [0.2, 0.25) is 11.9 Å². The number of carbonyl (C=O) groups is 1. The summed E-state index contributed by atoms with van der Waals surface area (Å²) in [4.78, 5) is 24.3. The number of hydrogen-bond acceptors (Lipinski definition) is 5. The van der Waals surface area contributed by atoms with Gasteiger partial charge < -0.3 is 15.1 Å². The Bertz CT molecular complexity index is 683. The first-order chi connectivity index (χ1) is 11.1. The molecule has 0 radical (unpaired) electrons. The van der Waals surface area contributed by atoms with Crippen molar-refractivity contribution in [2.75, 3.05) is 36.4 Å². The third kappa shape index (κ3) is 3.98. The highest BCUT2D eigenvalue weighted by molar-refractivity contribution is 9.10. The second-order valence-electron chi connectivity index (χ2n) is 5.37. The Labute approximate surface area is 143 Å². The maximum absolute atomic E-state index is 11.4. The molecule has 0 unspecified atom stereocenters. The molecule has 0 saturated carbocycles. The van der Waals surface area contributed by atoms with Gasteiger partial charge in [0.25, 0.3) is 0 Å². The van der Waals surface area contributed by atoms with Crippen LogP contribution in [-0.2, 0) is 4.79 Å². The second-order valence-corrected chi connectivity index (χ2v) is 6.28. The van der Waals surface area contributed by atoms with E-state index in [9.17, 15) is 4.79 Å². The minimum Gasteiger partial charge on any atom is -0.340 e. The molecule has 6 nitrogen and oxygen atoms in total. The van der Waals surface area contributed by atoms with Crippen molar-refractivity contribution < 1.29 is 4.79 Å². The van der Waals surface area contributed by atoms with E-state index in [1.54, 1.807) is 13.1 Å². The molecule has 0 spiro atoms. The van der Waals surface area contributed by atoms with E-state index in [4.69, 9.17) is 0 Å². The zero-order valence-electron chi connectivity index (χ0n) is 12.9. The van der Waals surface area contributed by atoms with Gasteiger partial charge in [-0.15, -0.1) is 0 Å². The van der Waals surface area contributed by atoms with E-state index in [2.05, 4.69) is 36.1 Å². The summed E-state index contributed by atoms with van der Waals surface area (Å²) >= 11 is 3.42. The molecule has 1 aliphatic rings. The summed E-state index contributed by atoms with van der Waals surface area (Å²) < 4.78 is 1.04. The van der Waals surface area contributed by atoms with Crippen LogP contribution in [0.15, 0.2) is 41.0 Å². The number of amides is 1. The number of carbonyl (C=O) groups excluding carboxylic acids is 1. The van der Waals surface area contributed by atoms with E-state index < -0.39 is 0 Å². The summed E-state index contributed by atoms with van der Waals surface area (Å²) in [6.45, 7) is 4.53. The average Bonchev–Trinajstić information content (AvgIpc) is 2.57. The van der Waals surface area contributed by atoms with Gasteiger partial charge >= 0.3 is 0 Å². The van der Waals surface area contributed by atoms with Gasteiger partial charge in [-0.3, -0.25) is 4.79 Å². The molecule has 1 fully saturated rings. The standard InChI is InChI=1S/C16H18BrN5O/c1-12(23)21-8-10-22(11-9-21)16-18-7-6-15(20-16)19-14-4-2-13(17)3-5-14/h2-7H,8-11H2,1H3,(H,18,19,20). The van der Waals surface area contributed by atoms with E-state index in [0.717, 1.165) is 29.1 Å². The maximum atomic E-state index is 11.4. The number of anilines is 3. The van der Waals surface area contributed by atoms with Crippen LogP contribution >= 0.6 is 15.9 Å². The van der Waals surface area contributed by atoms with E-state index >= 15 is 0 Å². The van der Waals surface area contributed by atoms with Gasteiger partial charge in [0.05, 0.1) is 0 Å². The molecule has 0 aliphatic carbocycles. The lowest BCUT2D eigenvalue weighted by Gasteiger charge is -2.34. The van der Waals surface area contributed by atoms with Crippen LogP contribution in [0.1, 0.15) is 6.92 Å². The minimum absolute atomic E-state index is 0.122. The Morgan fingerprint density at radius 3 is 2.48 bits per heavy atom. The molecule has 1 saturated heterocycles. The van der Waals surface area contributed by atoms with Crippen molar-refractivity contribution in [2.45, 2.75) is 6.92 Å². The van der Waals surface area contributed by atoms with Crippen LogP contribution in [-0.4, -0.2) is 47.0 Å². The minimum atomic E-state index is 0.122. The molecule has 1 N–H and O–H groups in total. The van der Waals surface area contributed by atoms with Crippen LogP contribution in [0.2, 0.25) is 0 Å². The normalized spacial score (nSPS) is 14.7. The molecule has 1 aliphatic heterocycles. The molecule has 2 aromatic rings. The molecule has 23 heavy (non-hydrogen) atoms. The number of nitrogens with zero attached hydrogens (tertiary/aromatic N) is 4. The fourth-order valence-electron chi connectivity index (χ4n) is 2.47. The van der Waals surface area contributed by atoms with Gasteiger partial charge in [-0.25, -0.2) is 4.98 Å². The summed E-state index contributed by atoms with van der Waals surface area (Å²) in [6, 6.07) is 9.77. The molecule has 1 amide bonds. The Kier molecular flexibility index (Phi) is 4.76. The van der Waals surface area contributed by atoms with Crippen molar-refractivity contribution in [1.29, 1.82) is 0 Å². The fraction of sp³-hybridized carbons (Fsp3) is 0.312. The molecule has 120 valence electrons. The summed E-state index contributed by atoms with van der Waals surface area (Å²) in [7, 11) is 0. The molecule has 1 aromatic carbocycles. The van der Waals surface area contributed by atoms with Crippen LogP contribution in [0.4, 0.5) is 17.5 Å². The first-order valence-corrected chi connectivity index (χ1v) is 8.27. The van der Waals surface area contributed by atoms with Gasteiger partial charge in [0.15, 0.2) is 0 Å². The largest absolute Gasteiger partial charge is 0.340 e. The Hall–Kier alpha value is -2.15. The zero-order chi connectivity index (χ0) is 16.2. The van der Waals surface area contributed by atoms with Crippen LogP contribution in [0.25, 0.3) is 0 Å². The molecule has 0 bridgehead atoms. The van der Waals surface area contributed by atoms with Gasteiger partial charge in [-0.05, 0) is 30.3 Å². The van der Waals surface area contributed by atoms with Crippen molar-refractivity contribution in [2.24, 2.45) is 0 Å². The number of hydrogen-bond donors (Lipinski definition) is 1. The monoisotopic (exact) mass is 375 g/mol. The van der Waals surface area contributed by atoms with Crippen molar-refractivity contribution in [3.05, 3.63) is 41.0 Å². The zero-order valence-corrected chi connectivity index (χ0v) is 14.5. The summed E-state index contributed by atoms with van der Waals surface area (Å²) in [6.07, 6.45) is 1.75. The number of halogens is 1. The van der Waals surface area contributed by atoms with Gasteiger partial charge in [0.1, 0.15) is 5.82 Å². The average molecular weight is 376 g/mol. The lowest BCUT2D eigenvalue weighted by Crippen LogP contribution is -2.48. The van der Waals surface area contributed by atoms with Crippen molar-refractivity contribution in [1.82, 2.24) is 14.9 Å². The Morgan fingerprint density at radius 1 is 1.13 bits per heavy atom. The highest BCUT2D eigenvalue weighted by Crippen LogP contribution is 2.19. The molecular weight excluding hydrogens is 358 g/mol. The Balaban J connectivity index is 1.68. The van der Waals surface area contributed by atoms with E-state index in [1.165, 1.54) is 0 Å². The predicted molar refractivity (Wildman–Crippen MR) is 93.9 cm³/mol. The predicted octanol–water partition coefficient (Wildman–Crippen LogP) is 2.65. The molecular formula is C16H18BrN5O. The first kappa shape index (κ1) is 15.7. The quantitative estimate of drug-likeness (QED) is 0.893. The lowest BCUT2D eigenvalue weighted by molar-refractivity contribution is -0.129. The van der Waals surface area contributed by atoms with Gasteiger partial charge in [-0.2, -0.15) is 4.98 Å². The number of piperazine rings is 1. The second kappa shape index (κ2) is 6.95. The van der Waals surface area contributed by atoms with E-state index in [0.29, 0.717) is 19.0 Å².